The quantitative estimate of drug-likeness (QED) is 0.299. The highest BCUT2D eigenvalue weighted by molar-refractivity contribution is 5.83. The summed E-state index contributed by atoms with van der Waals surface area (Å²) in [7, 11) is 0. The molecule has 4 aromatic rings. The lowest BCUT2D eigenvalue weighted by atomic mass is 10.1. The van der Waals surface area contributed by atoms with Crippen LogP contribution in [0.25, 0.3) is 10.8 Å². The molecule has 0 spiro atoms. The summed E-state index contributed by atoms with van der Waals surface area (Å²) in [6.07, 6.45) is 1.33. The third-order valence-corrected chi connectivity index (χ3v) is 6.38. The first-order valence-corrected chi connectivity index (χ1v) is 11.2. The first kappa shape index (κ1) is 21.6. The normalized spacial score (nSPS) is 13.8. The maximum absolute atomic E-state index is 12.1. The molecule has 0 aliphatic carbocycles. The van der Waals surface area contributed by atoms with E-state index in [2.05, 4.69) is 46.9 Å². The SMILES string of the molecule is Cc1cccc(N2CCN(c3ncnc(Oc4ccc5ccccc5c4)c3[N+](=O)[O-])CC2)c1C. The molecule has 0 unspecified atom stereocenters. The topological polar surface area (TPSA) is 84.6 Å². The van der Waals surface area contributed by atoms with Gasteiger partial charge in [0.1, 0.15) is 12.1 Å². The lowest BCUT2D eigenvalue weighted by Crippen LogP contribution is -2.47. The number of piperazine rings is 1. The van der Waals surface area contributed by atoms with Gasteiger partial charge in [-0.25, -0.2) is 4.98 Å². The number of nitro groups is 1. The summed E-state index contributed by atoms with van der Waals surface area (Å²) in [6, 6.07) is 19.7. The molecule has 1 aliphatic rings. The van der Waals surface area contributed by atoms with Gasteiger partial charge in [-0.3, -0.25) is 10.1 Å². The van der Waals surface area contributed by atoms with E-state index < -0.39 is 4.92 Å². The van der Waals surface area contributed by atoms with Crippen molar-refractivity contribution in [1.29, 1.82) is 0 Å². The number of hydrogen-bond donors (Lipinski definition) is 0. The van der Waals surface area contributed by atoms with Gasteiger partial charge in [-0.2, -0.15) is 4.98 Å². The number of aryl methyl sites for hydroxylation is 1. The van der Waals surface area contributed by atoms with Crippen molar-refractivity contribution in [3.05, 3.63) is 88.2 Å². The van der Waals surface area contributed by atoms with Crippen molar-refractivity contribution in [2.24, 2.45) is 0 Å². The lowest BCUT2D eigenvalue weighted by Gasteiger charge is -2.37. The minimum Gasteiger partial charge on any atom is -0.434 e. The van der Waals surface area contributed by atoms with Crippen LogP contribution in [0.2, 0.25) is 0 Å². The lowest BCUT2D eigenvalue weighted by molar-refractivity contribution is -0.385. The molecule has 8 heteroatoms. The van der Waals surface area contributed by atoms with Crippen molar-refractivity contribution in [1.82, 2.24) is 9.97 Å². The number of hydrogen-bond acceptors (Lipinski definition) is 7. The zero-order valence-electron chi connectivity index (χ0n) is 19.1. The van der Waals surface area contributed by atoms with Crippen molar-refractivity contribution in [2.75, 3.05) is 36.0 Å². The van der Waals surface area contributed by atoms with Gasteiger partial charge in [0, 0.05) is 31.9 Å². The van der Waals surface area contributed by atoms with E-state index in [4.69, 9.17) is 4.74 Å². The molecule has 0 amide bonds. The van der Waals surface area contributed by atoms with Crippen LogP contribution in [-0.2, 0) is 0 Å². The third kappa shape index (κ3) is 4.10. The average molecular weight is 456 g/mol. The predicted molar refractivity (Wildman–Crippen MR) is 133 cm³/mol. The van der Waals surface area contributed by atoms with Crippen molar-refractivity contribution >= 4 is 28.0 Å². The fraction of sp³-hybridized carbons (Fsp3) is 0.231. The summed E-state index contributed by atoms with van der Waals surface area (Å²) in [5.74, 6) is 0.727. The first-order valence-electron chi connectivity index (χ1n) is 11.2. The van der Waals surface area contributed by atoms with E-state index in [0.717, 1.165) is 23.9 Å². The minimum absolute atomic E-state index is 0.0535. The Kier molecular flexibility index (Phi) is 5.71. The molecule has 3 aromatic carbocycles. The molecule has 34 heavy (non-hydrogen) atoms. The van der Waals surface area contributed by atoms with Gasteiger partial charge in [0.2, 0.25) is 5.82 Å². The van der Waals surface area contributed by atoms with E-state index in [9.17, 15) is 10.1 Å². The largest absolute Gasteiger partial charge is 0.434 e. The monoisotopic (exact) mass is 455 g/mol. The molecule has 0 bridgehead atoms. The molecule has 8 nitrogen and oxygen atoms in total. The smallest absolute Gasteiger partial charge is 0.373 e. The Bertz CT molecular complexity index is 1370. The second-order valence-electron chi connectivity index (χ2n) is 8.41. The molecule has 0 saturated carbocycles. The van der Waals surface area contributed by atoms with Crippen molar-refractivity contribution < 1.29 is 9.66 Å². The summed E-state index contributed by atoms with van der Waals surface area (Å²) in [5, 5.41) is 14.1. The highest BCUT2D eigenvalue weighted by Crippen LogP contribution is 2.37. The molecule has 1 fully saturated rings. The second-order valence-corrected chi connectivity index (χ2v) is 8.41. The van der Waals surface area contributed by atoms with Gasteiger partial charge in [-0.1, -0.05) is 42.5 Å². The fourth-order valence-electron chi connectivity index (χ4n) is 4.40. The van der Waals surface area contributed by atoms with Gasteiger partial charge >= 0.3 is 11.6 Å². The Morgan fingerprint density at radius 2 is 1.62 bits per heavy atom. The highest BCUT2D eigenvalue weighted by Gasteiger charge is 2.31. The van der Waals surface area contributed by atoms with Crippen LogP contribution in [0.1, 0.15) is 11.1 Å². The van der Waals surface area contributed by atoms with Crippen LogP contribution >= 0.6 is 0 Å². The van der Waals surface area contributed by atoms with Crippen LogP contribution in [0.3, 0.4) is 0 Å². The standard InChI is InChI=1S/C26H25N5O3/c1-18-6-5-9-23(19(18)2)29-12-14-30(15-13-29)25-24(31(32)33)26(28-17-27-25)34-22-11-10-20-7-3-4-8-21(20)16-22/h3-11,16-17H,12-15H2,1-2H3. The predicted octanol–water partition coefficient (Wildman–Crippen LogP) is 5.27. The van der Waals surface area contributed by atoms with Crippen molar-refractivity contribution in [3.63, 3.8) is 0 Å². The van der Waals surface area contributed by atoms with Gasteiger partial charge in [0.05, 0.1) is 4.92 Å². The number of ether oxygens (including phenoxy) is 1. The Hall–Kier alpha value is -4.20. The van der Waals surface area contributed by atoms with Gasteiger partial charge in [0.15, 0.2) is 0 Å². The zero-order chi connectivity index (χ0) is 23.7. The second kappa shape index (κ2) is 8.97. The van der Waals surface area contributed by atoms with Crippen LogP contribution in [0.15, 0.2) is 67.0 Å². The molecule has 2 heterocycles. The van der Waals surface area contributed by atoms with Crippen LogP contribution in [0, 0.1) is 24.0 Å². The molecule has 1 aromatic heterocycles. The van der Waals surface area contributed by atoms with Crippen LogP contribution in [-0.4, -0.2) is 41.1 Å². The third-order valence-electron chi connectivity index (χ3n) is 6.38. The summed E-state index contributed by atoms with van der Waals surface area (Å²) in [4.78, 5) is 24.2. The zero-order valence-corrected chi connectivity index (χ0v) is 19.1. The number of nitrogens with zero attached hydrogens (tertiary/aromatic N) is 5. The molecule has 0 N–H and O–H groups in total. The van der Waals surface area contributed by atoms with Crippen molar-refractivity contribution in [3.8, 4) is 11.6 Å². The van der Waals surface area contributed by atoms with E-state index >= 15 is 0 Å². The van der Waals surface area contributed by atoms with E-state index in [1.807, 2.05) is 41.3 Å². The fourth-order valence-corrected chi connectivity index (χ4v) is 4.40. The van der Waals surface area contributed by atoms with E-state index in [-0.39, 0.29) is 17.4 Å². The molecule has 0 radical (unpaired) electrons. The number of fused-ring (bicyclic) bond motifs is 1. The molecule has 1 aliphatic heterocycles. The van der Waals surface area contributed by atoms with Gasteiger partial charge in [0.25, 0.3) is 0 Å². The Morgan fingerprint density at radius 1 is 0.882 bits per heavy atom. The van der Waals surface area contributed by atoms with Gasteiger partial charge < -0.3 is 14.5 Å². The summed E-state index contributed by atoms with van der Waals surface area (Å²) in [6.45, 7) is 6.94. The molecule has 1 saturated heterocycles. The van der Waals surface area contributed by atoms with Crippen LogP contribution in [0.5, 0.6) is 11.6 Å². The Morgan fingerprint density at radius 3 is 2.38 bits per heavy atom. The maximum Gasteiger partial charge on any atom is 0.373 e. The minimum atomic E-state index is -0.456. The molecule has 0 atom stereocenters. The summed E-state index contributed by atoms with van der Waals surface area (Å²) < 4.78 is 5.90. The van der Waals surface area contributed by atoms with E-state index in [0.29, 0.717) is 18.8 Å². The summed E-state index contributed by atoms with van der Waals surface area (Å²) >= 11 is 0. The number of benzene rings is 3. The molecule has 5 rings (SSSR count). The summed E-state index contributed by atoms with van der Waals surface area (Å²) in [5.41, 5.74) is 3.50. The average Bonchev–Trinajstić information content (AvgIpc) is 2.85. The number of aromatic nitrogens is 2. The Balaban J connectivity index is 1.40. The number of anilines is 2. The first-order chi connectivity index (χ1) is 16.5. The molecule has 172 valence electrons. The number of rotatable bonds is 5. The van der Waals surface area contributed by atoms with Gasteiger partial charge in [-0.15, -0.1) is 0 Å². The van der Waals surface area contributed by atoms with E-state index in [1.54, 1.807) is 6.07 Å². The highest BCUT2D eigenvalue weighted by atomic mass is 16.6. The van der Waals surface area contributed by atoms with E-state index in [1.165, 1.54) is 23.1 Å². The van der Waals surface area contributed by atoms with Crippen molar-refractivity contribution in [2.45, 2.75) is 13.8 Å². The Labute approximate surface area is 197 Å². The molecular weight excluding hydrogens is 430 g/mol. The van der Waals surface area contributed by atoms with Crippen LogP contribution < -0.4 is 14.5 Å². The van der Waals surface area contributed by atoms with Gasteiger partial charge in [-0.05, 0) is 53.9 Å². The van der Waals surface area contributed by atoms with Crippen LogP contribution in [0.4, 0.5) is 17.2 Å². The molecular formula is C26H25N5O3. The maximum atomic E-state index is 12.1.